The molecule has 1 aliphatic heterocycles. The molecule has 1 saturated heterocycles. The predicted molar refractivity (Wildman–Crippen MR) is 82.5 cm³/mol. The van der Waals surface area contributed by atoms with E-state index in [1.165, 1.54) is 4.31 Å². The summed E-state index contributed by atoms with van der Waals surface area (Å²) in [6.45, 7) is 4.09. The van der Waals surface area contributed by atoms with Gasteiger partial charge in [0.1, 0.15) is 4.90 Å². The molecule has 22 heavy (non-hydrogen) atoms. The standard InChI is InChI=1S/C12H22N4O4S2/c1-10-12(11(2)15-14-10)22(19,20)13-6-9-21(17,18)16-7-4-3-5-8-16/h13H,3-9H2,1-2H3,(H,14,15). The summed E-state index contributed by atoms with van der Waals surface area (Å²) >= 11 is 0. The maximum Gasteiger partial charge on any atom is 0.244 e. The van der Waals surface area contributed by atoms with Gasteiger partial charge in [-0.05, 0) is 26.7 Å². The molecule has 0 unspecified atom stereocenters. The molecule has 0 amide bonds. The van der Waals surface area contributed by atoms with E-state index in [-0.39, 0.29) is 17.2 Å². The first kappa shape index (κ1) is 17.4. The smallest absolute Gasteiger partial charge is 0.244 e. The van der Waals surface area contributed by atoms with Crippen LogP contribution in [-0.4, -0.2) is 56.7 Å². The van der Waals surface area contributed by atoms with E-state index in [2.05, 4.69) is 14.9 Å². The Labute approximate surface area is 131 Å². The van der Waals surface area contributed by atoms with Crippen molar-refractivity contribution in [1.82, 2.24) is 19.2 Å². The van der Waals surface area contributed by atoms with Crippen LogP contribution in [-0.2, 0) is 20.0 Å². The van der Waals surface area contributed by atoms with Gasteiger partial charge in [0.15, 0.2) is 0 Å². The van der Waals surface area contributed by atoms with Crippen molar-refractivity contribution < 1.29 is 16.8 Å². The van der Waals surface area contributed by atoms with Gasteiger partial charge < -0.3 is 0 Å². The third-order valence-electron chi connectivity index (χ3n) is 3.69. The molecule has 2 rings (SSSR count). The Morgan fingerprint density at radius 2 is 1.77 bits per heavy atom. The average molecular weight is 350 g/mol. The number of rotatable bonds is 6. The summed E-state index contributed by atoms with van der Waals surface area (Å²) < 4.78 is 52.6. The molecule has 2 N–H and O–H groups in total. The summed E-state index contributed by atoms with van der Waals surface area (Å²) in [5.74, 6) is -0.234. The summed E-state index contributed by atoms with van der Waals surface area (Å²) in [6.07, 6.45) is 2.76. The molecule has 0 spiro atoms. The number of aryl methyl sites for hydroxylation is 2. The number of nitrogens with zero attached hydrogens (tertiary/aromatic N) is 2. The molecule has 1 fully saturated rings. The first-order valence-corrected chi connectivity index (χ1v) is 10.3. The Bertz CT molecular complexity index is 699. The van der Waals surface area contributed by atoms with Gasteiger partial charge in [0.2, 0.25) is 20.0 Å². The second kappa shape index (κ2) is 6.65. The van der Waals surface area contributed by atoms with Gasteiger partial charge >= 0.3 is 0 Å². The van der Waals surface area contributed by atoms with Gasteiger partial charge in [0, 0.05) is 19.6 Å². The molecule has 0 aromatic carbocycles. The van der Waals surface area contributed by atoms with Crippen molar-refractivity contribution in [2.75, 3.05) is 25.4 Å². The Hall–Kier alpha value is -0.970. The minimum atomic E-state index is -3.76. The van der Waals surface area contributed by atoms with Crippen molar-refractivity contribution in [3.05, 3.63) is 11.4 Å². The Kier molecular flexibility index (Phi) is 5.25. The number of hydrogen-bond donors (Lipinski definition) is 2. The predicted octanol–water partition coefficient (Wildman–Crippen LogP) is 0.121. The van der Waals surface area contributed by atoms with E-state index in [1.54, 1.807) is 13.8 Å². The summed E-state index contributed by atoms with van der Waals surface area (Å²) in [6, 6.07) is 0. The molecular weight excluding hydrogens is 328 g/mol. The molecule has 0 aliphatic carbocycles. The molecule has 1 aromatic heterocycles. The van der Waals surface area contributed by atoms with Crippen LogP contribution in [0.15, 0.2) is 4.90 Å². The highest BCUT2D eigenvalue weighted by molar-refractivity contribution is 7.90. The van der Waals surface area contributed by atoms with Crippen molar-refractivity contribution in [2.45, 2.75) is 38.0 Å². The van der Waals surface area contributed by atoms with Crippen LogP contribution in [0.5, 0.6) is 0 Å². The number of sulfonamides is 2. The van der Waals surface area contributed by atoms with Gasteiger partial charge in [0.05, 0.1) is 17.1 Å². The van der Waals surface area contributed by atoms with Gasteiger partial charge in [-0.25, -0.2) is 25.9 Å². The lowest BCUT2D eigenvalue weighted by atomic mass is 10.2. The van der Waals surface area contributed by atoms with Crippen molar-refractivity contribution in [3.8, 4) is 0 Å². The van der Waals surface area contributed by atoms with Crippen LogP contribution in [0.1, 0.15) is 30.7 Å². The van der Waals surface area contributed by atoms with E-state index >= 15 is 0 Å². The Morgan fingerprint density at radius 3 is 2.32 bits per heavy atom. The first-order valence-electron chi connectivity index (χ1n) is 7.23. The molecule has 0 bridgehead atoms. The van der Waals surface area contributed by atoms with Gasteiger partial charge in [-0.15, -0.1) is 0 Å². The molecule has 2 heterocycles. The van der Waals surface area contributed by atoms with Crippen molar-refractivity contribution >= 4 is 20.0 Å². The van der Waals surface area contributed by atoms with Crippen LogP contribution in [0.2, 0.25) is 0 Å². The number of hydrogen-bond acceptors (Lipinski definition) is 5. The number of nitrogens with one attached hydrogen (secondary N) is 2. The summed E-state index contributed by atoms with van der Waals surface area (Å²) in [5, 5.41) is 6.45. The lowest BCUT2D eigenvalue weighted by molar-refractivity contribution is 0.346. The van der Waals surface area contributed by atoms with Gasteiger partial charge in [-0.1, -0.05) is 6.42 Å². The van der Waals surface area contributed by atoms with E-state index in [0.717, 1.165) is 19.3 Å². The normalized spacial score (nSPS) is 17.7. The number of H-pyrrole nitrogens is 1. The van der Waals surface area contributed by atoms with Gasteiger partial charge in [-0.2, -0.15) is 5.10 Å². The zero-order valence-corrected chi connectivity index (χ0v) is 14.4. The molecule has 1 aliphatic rings. The molecule has 0 saturated carbocycles. The van der Waals surface area contributed by atoms with Crippen LogP contribution in [0.25, 0.3) is 0 Å². The summed E-state index contributed by atoms with van der Waals surface area (Å²) in [4.78, 5) is 0.0860. The minimum absolute atomic E-state index is 0.0860. The maximum atomic E-state index is 12.2. The van der Waals surface area contributed by atoms with Crippen LogP contribution < -0.4 is 4.72 Å². The van der Waals surface area contributed by atoms with Crippen LogP contribution in [0.3, 0.4) is 0 Å². The maximum absolute atomic E-state index is 12.2. The fourth-order valence-electron chi connectivity index (χ4n) is 2.59. The lowest BCUT2D eigenvalue weighted by Crippen LogP contribution is -2.40. The number of aromatic amines is 1. The molecule has 1 aromatic rings. The SMILES string of the molecule is Cc1n[nH]c(C)c1S(=O)(=O)NCCS(=O)(=O)N1CCCCC1. The minimum Gasteiger partial charge on any atom is -0.281 e. The molecule has 0 radical (unpaired) electrons. The van der Waals surface area contributed by atoms with Crippen LogP contribution in [0, 0.1) is 13.8 Å². The zero-order chi connectivity index (χ0) is 16.4. The average Bonchev–Trinajstić information content (AvgIpc) is 2.79. The Balaban J connectivity index is 1.98. The van der Waals surface area contributed by atoms with Crippen molar-refractivity contribution in [1.29, 1.82) is 0 Å². The second-order valence-corrected chi connectivity index (χ2v) is 9.23. The van der Waals surface area contributed by atoms with Crippen molar-refractivity contribution in [2.24, 2.45) is 0 Å². The van der Waals surface area contributed by atoms with E-state index in [1.807, 2.05) is 0 Å². The van der Waals surface area contributed by atoms with Crippen LogP contribution in [0.4, 0.5) is 0 Å². The van der Waals surface area contributed by atoms with Crippen molar-refractivity contribution in [3.63, 3.8) is 0 Å². The number of aromatic nitrogens is 2. The van der Waals surface area contributed by atoms with Gasteiger partial charge in [-0.3, -0.25) is 5.10 Å². The third kappa shape index (κ3) is 3.86. The molecule has 10 heteroatoms. The zero-order valence-electron chi connectivity index (χ0n) is 12.8. The highest BCUT2D eigenvalue weighted by Gasteiger charge is 2.26. The topological polar surface area (TPSA) is 112 Å². The lowest BCUT2D eigenvalue weighted by Gasteiger charge is -2.25. The third-order valence-corrected chi connectivity index (χ3v) is 7.28. The second-order valence-electron chi connectivity index (χ2n) is 5.44. The van der Waals surface area contributed by atoms with Gasteiger partial charge in [0.25, 0.3) is 0 Å². The largest absolute Gasteiger partial charge is 0.281 e. The first-order chi connectivity index (χ1) is 10.2. The van der Waals surface area contributed by atoms with Crippen LogP contribution >= 0.6 is 0 Å². The summed E-state index contributed by atoms with van der Waals surface area (Å²) in [5.41, 5.74) is 0.799. The molecule has 0 atom stereocenters. The van der Waals surface area contributed by atoms with E-state index in [4.69, 9.17) is 0 Å². The fourth-order valence-corrected chi connectivity index (χ4v) is 5.55. The summed E-state index contributed by atoms with van der Waals surface area (Å²) in [7, 11) is -7.17. The monoisotopic (exact) mass is 350 g/mol. The quantitative estimate of drug-likeness (QED) is 0.757. The molecular formula is C12H22N4O4S2. The van der Waals surface area contributed by atoms with E-state index < -0.39 is 20.0 Å². The van der Waals surface area contributed by atoms with E-state index in [0.29, 0.717) is 24.5 Å². The Morgan fingerprint density at radius 1 is 1.14 bits per heavy atom. The van der Waals surface area contributed by atoms with E-state index in [9.17, 15) is 16.8 Å². The molecule has 126 valence electrons. The number of piperidine rings is 1. The highest BCUT2D eigenvalue weighted by Crippen LogP contribution is 2.16. The highest BCUT2D eigenvalue weighted by atomic mass is 32.2. The fraction of sp³-hybridized carbons (Fsp3) is 0.750. The molecule has 8 nitrogen and oxygen atoms in total.